The molecule has 0 aromatic rings. The Morgan fingerprint density at radius 3 is 1.92 bits per heavy atom. The number of amides is 2. The van der Waals surface area contributed by atoms with Gasteiger partial charge in [-0.15, -0.1) is 24.8 Å². The van der Waals surface area contributed by atoms with Gasteiger partial charge in [0.05, 0.1) is 0 Å². The number of hydrogen-bond donors (Lipinski definition) is 1. The van der Waals surface area contributed by atoms with Crippen molar-refractivity contribution in [1.29, 1.82) is 0 Å². The first-order chi connectivity index (χ1) is 4.70. The molecule has 0 bridgehead atoms. The molecule has 1 aliphatic heterocycles. The van der Waals surface area contributed by atoms with Crippen LogP contribution in [0, 0.1) is 0 Å². The molecule has 0 unspecified atom stereocenters. The summed E-state index contributed by atoms with van der Waals surface area (Å²) in [7, 11) is 2.04. The van der Waals surface area contributed by atoms with Gasteiger partial charge in [-0.05, 0) is 7.05 Å². The average Bonchev–Trinajstić information content (AvgIpc) is 1.88. The van der Waals surface area contributed by atoms with Crippen molar-refractivity contribution in [3.8, 4) is 0 Å². The predicted octanol–water partition coefficient (Wildman–Crippen LogP) is 0.156. The van der Waals surface area contributed by atoms with Gasteiger partial charge in [0, 0.05) is 26.2 Å². The van der Waals surface area contributed by atoms with Crippen molar-refractivity contribution in [2.24, 2.45) is 5.73 Å². The molecule has 1 rings (SSSR count). The Balaban J connectivity index is 0. The quantitative estimate of drug-likeness (QED) is 0.626. The van der Waals surface area contributed by atoms with Crippen molar-refractivity contribution >= 4 is 30.8 Å². The van der Waals surface area contributed by atoms with Crippen LogP contribution in [-0.4, -0.2) is 49.1 Å². The number of carbonyl (C=O) groups is 1. The minimum Gasteiger partial charge on any atom is -0.351 e. The van der Waals surface area contributed by atoms with Crippen LogP contribution in [0.15, 0.2) is 0 Å². The van der Waals surface area contributed by atoms with E-state index in [0.29, 0.717) is 0 Å². The van der Waals surface area contributed by atoms with Crippen LogP contribution < -0.4 is 5.73 Å². The highest BCUT2D eigenvalue weighted by molar-refractivity contribution is 5.85. The van der Waals surface area contributed by atoms with Crippen molar-refractivity contribution in [1.82, 2.24) is 9.80 Å². The number of nitrogens with two attached hydrogens (primary N) is 1. The number of halogens is 2. The third-order valence-corrected chi connectivity index (χ3v) is 1.81. The fraction of sp³-hybridized carbons (Fsp3) is 0.833. The number of carbonyl (C=O) groups excluding carboxylic acids is 1. The smallest absolute Gasteiger partial charge is 0.314 e. The molecule has 0 aliphatic carbocycles. The number of nitrogens with zero attached hydrogens (tertiary/aromatic N) is 2. The van der Waals surface area contributed by atoms with Gasteiger partial charge in [-0.3, -0.25) is 0 Å². The van der Waals surface area contributed by atoms with E-state index in [1.54, 1.807) is 4.90 Å². The summed E-state index contributed by atoms with van der Waals surface area (Å²) in [5, 5.41) is 0. The van der Waals surface area contributed by atoms with Crippen LogP contribution >= 0.6 is 24.8 Å². The minimum atomic E-state index is -0.298. The molecule has 6 heteroatoms. The van der Waals surface area contributed by atoms with Gasteiger partial charge in [-0.1, -0.05) is 0 Å². The summed E-state index contributed by atoms with van der Waals surface area (Å²) in [6, 6.07) is -0.298. The fourth-order valence-electron chi connectivity index (χ4n) is 1.03. The summed E-state index contributed by atoms with van der Waals surface area (Å²) >= 11 is 0. The highest BCUT2D eigenvalue weighted by Crippen LogP contribution is 1.96. The van der Waals surface area contributed by atoms with E-state index in [4.69, 9.17) is 5.73 Å². The highest BCUT2D eigenvalue weighted by atomic mass is 35.5. The summed E-state index contributed by atoms with van der Waals surface area (Å²) in [4.78, 5) is 14.4. The zero-order valence-electron chi connectivity index (χ0n) is 7.02. The van der Waals surface area contributed by atoms with Gasteiger partial charge in [0.25, 0.3) is 0 Å². The minimum absolute atomic E-state index is 0. The van der Waals surface area contributed by atoms with E-state index >= 15 is 0 Å². The van der Waals surface area contributed by atoms with E-state index in [2.05, 4.69) is 4.90 Å². The Bertz CT molecular complexity index is 137. The topological polar surface area (TPSA) is 49.6 Å². The lowest BCUT2D eigenvalue weighted by Crippen LogP contribution is -2.49. The number of piperazine rings is 1. The molecule has 0 saturated carbocycles. The van der Waals surface area contributed by atoms with Gasteiger partial charge >= 0.3 is 6.03 Å². The maximum atomic E-state index is 10.6. The molecule has 0 aromatic carbocycles. The molecular weight excluding hydrogens is 201 g/mol. The molecule has 4 nitrogen and oxygen atoms in total. The van der Waals surface area contributed by atoms with Crippen LogP contribution in [-0.2, 0) is 0 Å². The molecule has 2 N–H and O–H groups in total. The third-order valence-electron chi connectivity index (χ3n) is 1.81. The van der Waals surface area contributed by atoms with Crippen LogP contribution in [0.3, 0.4) is 0 Å². The van der Waals surface area contributed by atoms with Crippen molar-refractivity contribution in [2.75, 3.05) is 33.2 Å². The molecule has 2 amide bonds. The average molecular weight is 216 g/mol. The Kier molecular flexibility index (Phi) is 7.58. The van der Waals surface area contributed by atoms with Gasteiger partial charge in [-0.2, -0.15) is 0 Å². The summed E-state index contributed by atoms with van der Waals surface area (Å²) in [5.41, 5.74) is 5.08. The highest BCUT2D eigenvalue weighted by Gasteiger charge is 2.15. The van der Waals surface area contributed by atoms with Crippen molar-refractivity contribution in [3.05, 3.63) is 0 Å². The largest absolute Gasteiger partial charge is 0.351 e. The summed E-state index contributed by atoms with van der Waals surface area (Å²) < 4.78 is 0. The van der Waals surface area contributed by atoms with Crippen LogP contribution in [0.1, 0.15) is 0 Å². The summed E-state index contributed by atoms with van der Waals surface area (Å²) in [6.45, 7) is 3.41. The van der Waals surface area contributed by atoms with E-state index < -0.39 is 0 Å². The predicted molar refractivity (Wildman–Crippen MR) is 53.1 cm³/mol. The van der Waals surface area contributed by atoms with Gasteiger partial charge in [-0.25, -0.2) is 4.79 Å². The summed E-state index contributed by atoms with van der Waals surface area (Å²) in [5.74, 6) is 0. The maximum absolute atomic E-state index is 10.6. The van der Waals surface area contributed by atoms with Gasteiger partial charge in [0.1, 0.15) is 0 Å². The number of primary amides is 1. The molecule has 12 heavy (non-hydrogen) atoms. The normalized spacial score (nSPS) is 17.6. The van der Waals surface area contributed by atoms with E-state index in [-0.39, 0.29) is 30.8 Å². The lowest BCUT2D eigenvalue weighted by molar-refractivity contribution is 0.161. The molecule has 0 spiro atoms. The molecule has 1 aliphatic rings. The van der Waals surface area contributed by atoms with Crippen LogP contribution in [0.5, 0.6) is 0 Å². The van der Waals surface area contributed by atoms with Crippen LogP contribution in [0.4, 0.5) is 4.79 Å². The van der Waals surface area contributed by atoms with E-state index in [0.717, 1.165) is 26.2 Å². The maximum Gasteiger partial charge on any atom is 0.314 e. The van der Waals surface area contributed by atoms with Gasteiger partial charge in [0.15, 0.2) is 0 Å². The first-order valence-corrected chi connectivity index (χ1v) is 3.43. The first-order valence-electron chi connectivity index (χ1n) is 3.43. The number of urea groups is 1. The molecule has 1 fully saturated rings. The Morgan fingerprint density at radius 1 is 1.17 bits per heavy atom. The Morgan fingerprint density at radius 2 is 1.58 bits per heavy atom. The Labute approximate surface area is 84.9 Å². The molecule has 0 aromatic heterocycles. The van der Waals surface area contributed by atoms with E-state index in [1.165, 1.54) is 0 Å². The second-order valence-electron chi connectivity index (χ2n) is 2.63. The first kappa shape index (κ1) is 14.3. The fourth-order valence-corrected chi connectivity index (χ4v) is 1.03. The summed E-state index contributed by atoms with van der Waals surface area (Å²) in [6.07, 6.45) is 0. The zero-order valence-corrected chi connectivity index (χ0v) is 8.66. The van der Waals surface area contributed by atoms with Crippen LogP contribution in [0.25, 0.3) is 0 Å². The SMILES string of the molecule is CN1CCN(C(N)=O)CC1.Cl.Cl. The number of rotatable bonds is 0. The number of likely N-dealkylation sites (N-methyl/N-ethyl adjacent to an activating group) is 1. The molecule has 1 saturated heterocycles. The van der Waals surface area contributed by atoms with Crippen molar-refractivity contribution < 1.29 is 4.79 Å². The van der Waals surface area contributed by atoms with Crippen LogP contribution in [0.2, 0.25) is 0 Å². The third kappa shape index (κ3) is 3.99. The molecule has 1 heterocycles. The monoisotopic (exact) mass is 215 g/mol. The number of hydrogen-bond acceptors (Lipinski definition) is 2. The van der Waals surface area contributed by atoms with Crippen molar-refractivity contribution in [2.45, 2.75) is 0 Å². The lowest BCUT2D eigenvalue weighted by Gasteiger charge is -2.30. The van der Waals surface area contributed by atoms with Crippen molar-refractivity contribution in [3.63, 3.8) is 0 Å². The van der Waals surface area contributed by atoms with E-state index in [9.17, 15) is 4.79 Å². The lowest BCUT2D eigenvalue weighted by atomic mass is 10.3. The molecule has 74 valence electrons. The zero-order chi connectivity index (χ0) is 7.56. The van der Waals surface area contributed by atoms with E-state index in [1.807, 2.05) is 7.05 Å². The molecule has 0 radical (unpaired) electrons. The second-order valence-corrected chi connectivity index (χ2v) is 2.63. The Hall–Kier alpha value is -0.190. The van der Waals surface area contributed by atoms with Gasteiger partial charge in [0.2, 0.25) is 0 Å². The van der Waals surface area contributed by atoms with Gasteiger partial charge < -0.3 is 15.5 Å². The molecular formula is C6H15Cl2N3O. The second kappa shape index (κ2) is 6.34. The standard InChI is InChI=1S/C6H13N3O.2ClH/c1-8-2-4-9(5-3-8)6(7)10;;/h2-5H2,1H3,(H2,7,10);2*1H. The molecule has 0 atom stereocenters.